The Morgan fingerprint density at radius 3 is 2.40 bits per heavy atom. The summed E-state index contributed by atoms with van der Waals surface area (Å²) in [6, 6.07) is 21.6. The van der Waals surface area contributed by atoms with Crippen LogP contribution in [0.3, 0.4) is 0 Å². The number of amides is 2. The second kappa shape index (κ2) is 11.6. The molecule has 0 spiro atoms. The average molecular weight is 608 g/mol. The molecule has 3 aliphatic rings. The fourth-order valence-corrected chi connectivity index (χ4v) is 7.11. The van der Waals surface area contributed by atoms with Crippen LogP contribution in [-0.4, -0.2) is 68.6 Å². The number of para-hydroxylation sites is 2. The SMILES string of the molecule is CS(=O)(=O)Nc1ccccc1N1CC2CC1CN2C(=O)C(Cc1ccc(Cl)cc1)NC(=O)C1Cc2ccccc2CN1. The Kier molecular flexibility index (Phi) is 7.87. The molecule has 0 saturated carbocycles. The van der Waals surface area contributed by atoms with Crippen LogP contribution in [0.1, 0.15) is 23.1 Å². The fourth-order valence-electron chi connectivity index (χ4n) is 6.41. The van der Waals surface area contributed by atoms with Gasteiger partial charge in [-0.2, -0.15) is 0 Å². The highest BCUT2D eigenvalue weighted by molar-refractivity contribution is 7.92. The zero-order chi connectivity index (χ0) is 29.4. The topological polar surface area (TPSA) is 111 Å². The van der Waals surface area contributed by atoms with Crippen LogP contribution in [0.5, 0.6) is 0 Å². The Labute approximate surface area is 251 Å². The Balaban J connectivity index is 1.18. The molecule has 3 N–H and O–H groups in total. The van der Waals surface area contributed by atoms with Crippen molar-refractivity contribution >= 4 is 44.8 Å². The quantitative estimate of drug-likeness (QED) is 0.363. The minimum absolute atomic E-state index is 0.0434. The van der Waals surface area contributed by atoms with Crippen LogP contribution < -0.4 is 20.3 Å². The van der Waals surface area contributed by atoms with Crippen molar-refractivity contribution < 1.29 is 18.0 Å². The van der Waals surface area contributed by atoms with Gasteiger partial charge in [0.15, 0.2) is 0 Å². The van der Waals surface area contributed by atoms with E-state index in [9.17, 15) is 18.0 Å². The lowest BCUT2D eigenvalue weighted by molar-refractivity contribution is -0.137. The number of benzene rings is 3. The molecule has 9 nitrogen and oxygen atoms in total. The summed E-state index contributed by atoms with van der Waals surface area (Å²) in [5, 5.41) is 7.01. The molecule has 2 amide bonds. The smallest absolute Gasteiger partial charge is 0.245 e. The molecule has 2 bridgehead atoms. The number of anilines is 2. The first-order valence-electron chi connectivity index (χ1n) is 14.1. The molecule has 4 unspecified atom stereocenters. The van der Waals surface area contributed by atoms with Gasteiger partial charge in [-0.1, -0.05) is 60.1 Å². The van der Waals surface area contributed by atoms with Gasteiger partial charge in [0.05, 0.1) is 29.7 Å². The monoisotopic (exact) mass is 607 g/mol. The number of halogens is 1. The number of nitrogens with zero attached hydrogens (tertiary/aromatic N) is 2. The molecular weight excluding hydrogens is 574 g/mol. The van der Waals surface area contributed by atoms with Gasteiger partial charge in [-0.3, -0.25) is 14.3 Å². The lowest BCUT2D eigenvalue weighted by Gasteiger charge is -2.38. The Bertz CT molecular complexity index is 1600. The second-order valence-corrected chi connectivity index (χ2v) is 13.6. The van der Waals surface area contributed by atoms with Crippen molar-refractivity contribution in [3.8, 4) is 0 Å². The number of carbonyl (C=O) groups is 2. The van der Waals surface area contributed by atoms with Gasteiger partial charge in [-0.15, -0.1) is 0 Å². The number of carbonyl (C=O) groups excluding carboxylic acids is 2. The zero-order valence-electron chi connectivity index (χ0n) is 23.3. The predicted molar refractivity (Wildman–Crippen MR) is 164 cm³/mol. The molecule has 42 heavy (non-hydrogen) atoms. The molecular formula is C31H34ClN5O4S. The van der Waals surface area contributed by atoms with E-state index in [4.69, 9.17) is 11.6 Å². The van der Waals surface area contributed by atoms with Crippen LogP contribution in [0.15, 0.2) is 72.8 Å². The van der Waals surface area contributed by atoms with Crippen LogP contribution in [0, 0.1) is 0 Å². The number of likely N-dealkylation sites (tertiary alicyclic amines) is 1. The summed E-state index contributed by atoms with van der Waals surface area (Å²) < 4.78 is 26.5. The van der Waals surface area contributed by atoms with Gasteiger partial charge in [0.2, 0.25) is 21.8 Å². The van der Waals surface area contributed by atoms with E-state index in [2.05, 4.69) is 26.3 Å². The van der Waals surface area contributed by atoms with E-state index >= 15 is 0 Å². The predicted octanol–water partition coefficient (Wildman–Crippen LogP) is 2.94. The number of sulfonamides is 1. The third-order valence-corrected chi connectivity index (χ3v) is 9.24. The largest absolute Gasteiger partial charge is 0.363 e. The summed E-state index contributed by atoms with van der Waals surface area (Å²) in [6.07, 6.45) is 2.83. The van der Waals surface area contributed by atoms with E-state index in [0.29, 0.717) is 43.2 Å². The van der Waals surface area contributed by atoms with Gasteiger partial charge in [0, 0.05) is 37.1 Å². The van der Waals surface area contributed by atoms with E-state index in [1.165, 1.54) is 5.56 Å². The van der Waals surface area contributed by atoms with Crippen LogP contribution in [-0.2, 0) is 39.0 Å². The van der Waals surface area contributed by atoms with Crippen LogP contribution in [0.25, 0.3) is 0 Å². The molecule has 0 aliphatic carbocycles. The molecule has 0 radical (unpaired) electrons. The van der Waals surface area contributed by atoms with Crippen molar-refractivity contribution in [1.29, 1.82) is 0 Å². The first kappa shape index (κ1) is 28.5. The van der Waals surface area contributed by atoms with Gasteiger partial charge < -0.3 is 20.4 Å². The van der Waals surface area contributed by atoms with Crippen LogP contribution in [0.2, 0.25) is 5.02 Å². The van der Waals surface area contributed by atoms with Crippen molar-refractivity contribution in [1.82, 2.24) is 15.5 Å². The van der Waals surface area contributed by atoms with E-state index < -0.39 is 22.1 Å². The summed E-state index contributed by atoms with van der Waals surface area (Å²) in [4.78, 5) is 31.6. The van der Waals surface area contributed by atoms with Crippen LogP contribution in [0.4, 0.5) is 11.4 Å². The molecule has 11 heteroatoms. The lowest BCUT2D eigenvalue weighted by Crippen LogP contribution is -2.58. The van der Waals surface area contributed by atoms with Crippen molar-refractivity contribution in [3.63, 3.8) is 0 Å². The minimum atomic E-state index is -3.44. The highest BCUT2D eigenvalue weighted by atomic mass is 35.5. The van der Waals surface area contributed by atoms with Gasteiger partial charge in [-0.05, 0) is 53.8 Å². The Hall–Kier alpha value is -3.60. The molecule has 4 atom stereocenters. The molecule has 3 aliphatic heterocycles. The number of piperazine rings is 1. The molecule has 3 aromatic rings. The number of hydrogen-bond acceptors (Lipinski definition) is 6. The number of rotatable bonds is 8. The van der Waals surface area contributed by atoms with Crippen molar-refractivity contribution in [2.75, 3.05) is 29.0 Å². The molecule has 220 valence electrons. The minimum Gasteiger partial charge on any atom is -0.363 e. The standard InChI is InChI=1S/C31H34ClN5O4S/c1-42(40,41)35-26-8-4-5-9-29(26)36-18-25-16-24(36)19-37(25)31(39)28(14-20-10-12-23(32)13-11-20)34-30(38)27-15-21-6-2-3-7-22(21)17-33-27/h2-13,24-25,27-28,33,35H,14-19H2,1H3,(H,34,38). The normalized spacial score (nSPS) is 22.0. The summed E-state index contributed by atoms with van der Waals surface area (Å²) in [5.74, 6) is -0.298. The number of hydrogen-bond donors (Lipinski definition) is 3. The summed E-state index contributed by atoms with van der Waals surface area (Å²) >= 11 is 6.10. The van der Waals surface area contributed by atoms with Gasteiger partial charge >= 0.3 is 0 Å². The summed E-state index contributed by atoms with van der Waals surface area (Å²) in [6.45, 7) is 1.69. The molecule has 2 saturated heterocycles. The highest BCUT2D eigenvalue weighted by Gasteiger charge is 2.47. The first-order chi connectivity index (χ1) is 20.1. The van der Waals surface area contributed by atoms with Crippen molar-refractivity contribution in [2.45, 2.75) is 50.0 Å². The lowest BCUT2D eigenvalue weighted by atomic mass is 9.95. The second-order valence-electron chi connectivity index (χ2n) is 11.4. The maximum Gasteiger partial charge on any atom is 0.245 e. The highest BCUT2D eigenvalue weighted by Crippen LogP contribution is 2.38. The molecule has 2 fully saturated rings. The Morgan fingerprint density at radius 2 is 1.69 bits per heavy atom. The molecule has 3 heterocycles. The number of fused-ring (bicyclic) bond motifs is 3. The van der Waals surface area contributed by atoms with E-state index in [0.717, 1.165) is 29.5 Å². The van der Waals surface area contributed by atoms with Crippen molar-refractivity contribution in [3.05, 3.63) is 94.5 Å². The van der Waals surface area contributed by atoms with Crippen molar-refractivity contribution in [2.24, 2.45) is 0 Å². The van der Waals surface area contributed by atoms with Gasteiger partial charge in [-0.25, -0.2) is 8.42 Å². The average Bonchev–Trinajstić information content (AvgIpc) is 3.58. The molecule has 3 aromatic carbocycles. The summed E-state index contributed by atoms with van der Waals surface area (Å²) in [7, 11) is -3.44. The first-order valence-corrected chi connectivity index (χ1v) is 16.4. The molecule has 0 aromatic heterocycles. The maximum absolute atomic E-state index is 14.1. The van der Waals surface area contributed by atoms with E-state index in [1.54, 1.807) is 24.3 Å². The third kappa shape index (κ3) is 6.11. The zero-order valence-corrected chi connectivity index (χ0v) is 24.9. The van der Waals surface area contributed by atoms with Crippen LogP contribution >= 0.6 is 11.6 Å². The van der Waals surface area contributed by atoms with Gasteiger partial charge in [0.1, 0.15) is 6.04 Å². The third-order valence-electron chi connectivity index (χ3n) is 8.40. The number of nitrogens with one attached hydrogen (secondary N) is 3. The van der Waals surface area contributed by atoms with Gasteiger partial charge in [0.25, 0.3) is 0 Å². The summed E-state index contributed by atoms with van der Waals surface area (Å²) in [5.41, 5.74) is 4.56. The molecule has 6 rings (SSSR count). The maximum atomic E-state index is 14.1. The van der Waals surface area contributed by atoms with E-state index in [1.807, 2.05) is 47.4 Å². The Morgan fingerprint density at radius 1 is 0.976 bits per heavy atom. The fraction of sp³-hybridized carbons (Fsp3) is 0.355. The van der Waals surface area contributed by atoms with E-state index in [-0.39, 0.29) is 23.9 Å².